The van der Waals surface area contributed by atoms with Gasteiger partial charge in [-0.05, 0) is 53.6 Å². The molecular weight excluding hydrogens is 352 g/mol. The van der Waals surface area contributed by atoms with Crippen LogP contribution in [0.1, 0.15) is 0 Å². The molecule has 6 nitrogen and oxygen atoms in total. The Labute approximate surface area is 162 Å². The topological polar surface area (TPSA) is 69.0 Å². The average Bonchev–Trinajstić information content (AvgIpc) is 3.29. The van der Waals surface area contributed by atoms with Gasteiger partial charge in [0.2, 0.25) is 0 Å². The molecule has 0 fully saturated rings. The lowest BCUT2D eigenvalue weighted by Crippen LogP contribution is -2.20. The van der Waals surface area contributed by atoms with Gasteiger partial charge in [0.15, 0.2) is 6.61 Å². The van der Waals surface area contributed by atoms with Crippen molar-refractivity contribution in [3.63, 3.8) is 0 Å². The smallest absolute Gasteiger partial charge is 0.262 e. The van der Waals surface area contributed by atoms with Crippen LogP contribution in [-0.2, 0) is 4.79 Å². The number of amides is 1. The number of anilines is 1. The van der Waals surface area contributed by atoms with Gasteiger partial charge in [-0.2, -0.15) is 0 Å². The zero-order chi connectivity index (χ0) is 19.2. The summed E-state index contributed by atoms with van der Waals surface area (Å²) in [6, 6.07) is 19.0. The molecule has 1 N–H and O–H groups in total. The number of hydrogen-bond donors (Lipinski definition) is 1. The number of hydrogen-bond acceptors (Lipinski definition) is 4. The number of aromatic nitrogens is 3. The van der Waals surface area contributed by atoms with Gasteiger partial charge in [0, 0.05) is 36.2 Å². The molecule has 2 heterocycles. The van der Waals surface area contributed by atoms with Crippen molar-refractivity contribution in [2.45, 2.75) is 0 Å². The Morgan fingerprint density at radius 1 is 0.929 bits per heavy atom. The molecule has 0 saturated carbocycles. The maximum Gasteiger partial charge on any atom is 0.262 e. The summed E-state index contributed by atoms with van der Waals surface area (Å²) in [5.41, 5.74) is 3.77. The number of pyridine rings is 1. The summed E-state index contributed by atoms with van der Waals surface area (Å²) in [5, 5.41) is 2.83. The van der Waals surface area contributed by atoms with E-state index in [-0.39, 0.29) is 12.5 Å². The van der Waals surface area contributed by atoms with Crippen LogP contribution in [0, 0.1) is 0 Å². The molecule has 0 aliphatic heterocycles. The zero-order valence-electron chi connectivity index (χ0n) is 15.0. The molecule has 2 aromatic carbocycles. The van der Waals surface area contributed by atoms with Crippen LogP contribution < -0.4 is 10.1 Å². The van der Waals surface area contributed by atoms with Gasteiger partial charge in [-0.25, -0.2) is 4.98 Å². The Hall–Kier alpha value is -3.93. The van der Waals surface area contributed by atoms with E-state index in [1.807, 2.05) is 71.4 Å². The second-order valence-electron chi connectivity index (χ2n) is 6.12. The van der Waals surface area contributed by atoms with Crippen molar-refractivity contribution in [2.24, 2.45) is 0 Å². The van der Waals surface area contributed by atoms with Gasteiger partial charge in [-0.3, -0.25) is 9.78 Å². The van der Waals surface area contributed by atoms with E-state index in [4.69, 9.17) is 4.74 Å². The molecule has 4 aromatic rings. The second kappa shape index (κ2) is 8.18. The van der Waals surface area contributed by atoms with Crippen molar-refractivity contribution in [2.75, 3.05) is 11.9 Å². The number of nitrogens with zero attached hydrogens (tertiary/aromatic N) is 3. The molecule has 1 amide bonds. The molecule has 6 heteroatoms. The predicted molar refractivity (Wildman–Crippen MR) is 107 cm³/mol. The molecule has 138 valence electrons. The minimum Gasteiger partial charge on any atom is -0.484 e. The van der Waals surface area contributed by atoms with E-state index in [2.05, 4.69) is 15.3 Å². The quantitative estimate of drug-likeness (QED) is 0.558. The Bertz CT molecular complexity index is 1030. The first-order valence-corrected chi connectivity index (χ1v) is 8.79. The lowest BCUT2D eigenvalue weighted by Gasteiger charge is -2.09. The molecule has 0 atom stereocenters. The second-order valence-corrected chi connectivity index (χ2v) is 6.12. The number of ether oxygens (including phenoxy) is 1. The highest BCUT2D eigenvalue weighted by molar-refractivity contribution is 5.92. The van der Waals surface area contributed by atoms with E-state index in [1.54, 1.807) is 24.9 Å². The van der Waals surface area contributed by atoms with Crippen molar-refractivity contribution in [3.05, 3.63) is 91.8 Å². The number of benzene rings is 2. The molecule has 28 heavy (non-hydrogen) atoms. The molecule has 0 unspecified atom stereocenters. The third-order valence-corrected chi connectivity index (χ3v) is 4.17. The molecule has 4 rings (SSSR count). The van der Waals surface area contributed by atoms with Crippen LogP contribution in [0.2, 0.25) is 0 Å². The number of rotatable bonds is 6. The minimum absolute atomic E-state index is 0.0607. The number of carbonyl (C=O) groups is 1. The van der Waals surface area contributed by atoms with Crippen molar-refractivity contribution in [3.8, 4) is 22.6 Å². The van der Waals surface area contributed by atoms with E-state index in [0.717, 1.165) is 22.5 Å². The molecule has 0 radical (unpaired) electrons. The molecule has 0 aliphatic carbocycles. The Morgan fingerprint density at radius 2 is 1.75 bits per heavy atom. The SMILES string of the molecule is O=C(COc1ccc(-n2ccnc2)cc1)Nc1ccc(-c2cccnc2)cc1. The standard InChI is InChI=1S/C22H18N4O2/c27-22(15-28-21-9-7-20(8-10-21)26-13-12-24-16-26)25-19-5-3-17(4-6-19)18-2-1-11-23-14-18/h1-14,16H,15H2,(H,25,27). The largest absolute Gasteiger partial charge is 0.484 e. The summed E-state index contributed by atoms with van der Waals surface area (Å²) in [7, 11) is 0. The highest BCUT2D eigenvalue weighted by Gasteiger charge is 2.05. The number of carbonyl (C=O) groups excluding carboxylic acids is 1. The fourth-order valence-electron chi connectivity index (χ4n) is 2.75. The van der Waals surface area contributed by atoms with Gasteiger partial charge >= 0.3 is 0 Å². The normalized spacial score (nSPS) is 10.4. The van der Waals surface area contributed by atoms with Crippen LogP contribution in [0.3, 0.4) is 0 Å². The van der Waals surface area contributed by atoms with Crippen molar-refractivity contribution in [1.82, 2.24) is 14.5 Å². The van der Waals surface area contributed by atoms with Crippen molar-refractivity contribution < 1.29 is 9.53 Å². The first-order valence-electron chi connectivity index (χ1n) is 8.79. The maximum atomic E-state index is 12.1. The summed E-state index contributed by atoms with van der Waals surface area (Å²) in [6.07, 6.45) is 8.85. The Balaban J connectivity index is 1.31. The van der Waals surface area contributed by atoms with Gasteiger partial charge in [0.25, 0.3) is 5.91 Å². The van der Waals surface area contributed by atoms with Crippen molar-refractivity contribution in [1.29, 1.82) is 0 Å². The highest BCUT2D eigenvalue weighted by atomic mass is 16.5. The molecule has 0 spiro atoms. The van der Waals surface area contributed by atoms with E-state index >= 15 is 0 Å². The van der Waals surface area contributed by atoms with E-state index in [9.17, 15) is 4.79 Å². The lowest BCUT2D eigenvalue weighted by atomic mass is 10.1. The summed E-state index contributed by atoms with van der Waals surface area (Å²) in [4.78, 5) is 20.3. The van der Waals surface area contributed by atoms with Crippen LogP contribution in [0.4, 0.5) is 5.69 Å². The van der Waals surface area contributed by atoms with Gasteiger partial charge in [0.1, 0.15) is 5.75 Å². The highest BCUT2D eigenvalue weighted by Crippen LogP contribution is 2.20. The maximum absolute atomic E-state index is 12.1. The Morgan fingerprint density at radius 3 is 2.43 bits per heavy atom. The molecule has 0 bridgehead atoms. The number of imidazole rings is 1. The van der Waals surface area contributed by atoms with Crippen LogP contribution in [0.5, 0.6) is 5.75 Å². The monoisotopic (exact) mass is 370 g/mol. The van der Waals surface area contributed by atoms with Gasteiger partial charge in [0.05, 0.1) is 6.33 Å². The molecular formula is C22H18N4O2. The van der Waals surface area contributed by atoms with E-state index in [0.29, 0.717) is 5.75 Å². The summed E-state index contributed by atoms with van der Waals surface area (Å²) >= 11 is 0. The van der Waals surface area contributed by atoms with Gasteiger partial charge < -0.3 is 14.6 Å². The summed E-state index contributed by atoms with van der Waals surface area (Å²) in [5.74, 6) is 0.416. The van der Waals surface area contributed by atoms with Crippen LogP contribution in [0.15, 0.2) is 91.8 Å². The summed E-state index contributed by atoms with van der Waals surface area (Å²) < 4.78 is 7.45. The summed E-state index contributed by atoms with van der Waals surface area (Å²) in [6.45, 7) is -0.0607. The van der Waals surface area contributed by atoms with Crippen LogP contribution in [0.25, 0.3) is 16.8 Å². The fraction of sp³-hybridized carbons (Fsp3) is 0.0455. The molecule has 2 aromatic heterocycles. The predicted octanol–water partition coefficient (Wildman–Crippen LogP) is 3.95. The van der Waals surface area contributed by atoms with Crippen LogP contribution >= 0.6 is 0 Å². The van der Waals surface area contributed by atoms with E-state index in [1.165, 1.54) is 0 Å². The number of nitrogens with one attached hydrogen (secondary N) is 1. The van der Waals surface area contributed by atoms with Crippen LogP contribution in [-0.4, -0.2) is 27.0 Å². The zero-order valence-corrected chi connectivity index (χ0v) is 15.0. The lowest BCUT2D eigenvalue weighted by molar-refractivity contribution is -0.118. The van der Waals surface area contributed by atoms with Gasteiger partial charge in [-0.1, -0.05) is 18.2 Å². The third kappa shape index (κ3) is 4.24. The first kappa shape index (κ1) is 17.5. The first-order chi connectivity index (χ1) is 13.8. The van der Waals surface area contributed by atoms with Crippen molar-refractivity contribution >= 4 is 11.6 Å². The van der Waals surface area contributed by atoms with Gasteiger partial charge in [-0.15, -0.1) is 0 Å². The Kier molecular flexibility index (Phi) is 5.11. The molecule has 0 aliphatic rings. The minimum atomic E-state index is -0.215. The molecule has 0 saturated heterocycles. The fourth-order valence-corrected chi connectivity index (χ4v) is 2.75. The third-order valence-electron chi connectivity index (χ3n) is 4.17. The van der Waals surface area contributed by atoms with E-state index < -0.39 is 0 Å². The average molecular weight is 370 g/mol.